The summed E-state index contributed by atoms with van der Waals surface area (Å²) >= 11 is 0. The molecule has 1 nitrogen and oxygen atoms in total. The van der Waals surface area contributed by atoms with Gasteiger partial charge < -0.3 is 5.32 Å². The third kappa shape index (κ3) is 2.72. The van der Waals surface area contributed by atoms with Crippen LogP contribution in [0, 0.1) is 31.6 Å². The molecule has 1 heteroatoms. The van der Waals surface area contributed by atoms with Gasteiger partial charge in [0.25, 0.3) is 0 Å². The zero-order chi connectivity index (χ0) is 13.4. The van der Waals surface area contributed by atoms with Gasteiger partial charge in [-0.3, -0.25) is 0 Å². The molecule has 19 heavy (non-hydrogen) atoms. The van der Waals surface area contributed by atoms with Crippen molar-refractivity contribution in [3.05, 3.63) is 34.9 Å². The summed E-state index contributed by atoms with van der Waals surface area (Å²) in [5.74, 6) is 3.01. The zero-order valence-corrected chi connectivity index (χ0v) is 12.6. The lowest BCUT2D eigenvalue weighted by molar-refractivity contribution is 0.259. The van der Waals surface area contributed by atoms with E-state index in [0.717, 1.165) is 24.3 Å². The minimum atomic E-state index is 0.676. The molecule has 2 fully saturated rings. The molecule has 2 aliphatic rings. The highest BCUT2D eigenvalue weighted by molar-refractivity contribution is 5.30. The number of benzene rings is 1. The Bertz CT molecular complexity index is 451. The lowest BCUT2D eigenvalue weighted by Gasteiger charge is -2.29. The highest BCUT2D eigenvalue weighted by Gasteiger charge is 2.41. The van der Waals surface area contributed by atoms with Gasteiger partial charge in [-0.25, -0.2) is 0 Å². The maximum atomic E-state index is 3.79. The normalized spacial score (nSPS) is 30.8. The van der Waals surface area contributed by atoms with E-state index in [1.54, 1.807) is 0 Å². The van der Waals surface area contributed by atoms with Crippen LogP contribution in [0.1, 0.15) is 49.3 Å². The van der Waals surface area contributed by atoms with Gasteiger partial charge in [-0.05, 0) is 68.9 Å². The summed E-state index contributed by atoms with van der Waals surface area (Å²) in [6.07, 6.45) is 5.99. The van der Waals surface area contributed by atoms with E-state index in [0.29, 0.717) is 6.04 Å². The van der Waals surface area contributed by atoms with E-state index in [1.807, 2.05) is 0 Å². The average molecular weight is 257 g/mol. The van der Waals surface area contributed by atoms with Gasteiger partial charge in [0.15, 0.2) is 0 Å². The molecule has 0 spiro atoms. The Morgan fingerprint density at radius 2 is 2.05 bits per heavy atom. The third-order valence-electron chi connectivity index (χ3n) is 5.55. The van der Waals surface area contributed by atoms with Crippen molar-refractivity contribution in [2.45, 2.75) is 59.0 Å². The van der Waals surface area contributed by atoms with E-state index in [9.17, 15) is 0 Å². The van der Waals surface area contributed by atoms with Crippen LogP contribution in [0.5, 0.6) is 0 Å². The van der Waals surface area contributed by atoms with Crippen molar-refractivity contribution in [3.63, 3.8) is 0 Å². The molecule has 104 valence electrons. The van der Waals surface area contributed by atoms with Crippen molar-refractivity contribution in [1.29, 1.82) is 0 Å². The molecule has 1 aromatic rings. The molecule has 1 N–H and O–H groups in total. The van der Waals surface area contributed by atoms with Crippen LogP contribution in [0.4, 0.5) is 0 Å². The number of aryl methyl sites for hydroxylation is 2. The molecule has 0 heterocycles. The maximum Gasteiger partial charge on any atom is 0.0210 e. The molecule has 0 saturated heterocycles. The lowest BCUT2D eigenvalue weighted by Crippen LogP contribution is -2.36. The number of nitrogens with one attached hydrogen (secondary N) is 1. The molecule has 2 saturated carbocycles. The summed E-state index contributed by atoms with van der Waals surface area (Å²) in [7, 11) is 0. The second-order valence-electron chi connectivity index (χ2n) is 6.94. The van der Waals surface area contributed by atoms with E-state index < -0.39 is 0 Å². The number of fused-ring (bicyclic) bond motifs is 2. The average Bonchev–Trinajstić information content (AvgIpc) is 3.02. The van der Waals surface area contributed by atoms with Crippen LogP contribution < -0.4 is 5.32 Å². The topological polar surface area (TPSA) is 12.0 Å². The van der Waals surface area contributed by atoms with Crippen molar-refractivity contribution >= 4 is 0 Å². The Labute approximate surface area is 117 Å². The number of rotatable bonds is 4. The standard InChI is InChI=1S/C18H27N/c1-12-4-5-13(2)17(8-12)11-19-14(3)18-10-15-6-7-16(18)9-15/h4-5,8,14-16,18-19H,6-7,9-11H2,1-3H3/t14-,15+,16+,18-/m1/s1. The first-order chi connectivity index (χ1) is 9.13. The second-order valence-corrected chi connectivity index (χ2v) is 6.94. The summed E-state index contributed by atoms with van der Waals surface area (Å²) in [6.45, 7) is 7.83. The number of hydrogen-bond donors (Lipinski definition) is 1. The first-order valence-corrected chi connectivity index (χ1v) is 7.93. The molecule has 0 aromatic heterocycles. The summed E-state index contributed by atoms with van der Waals surface area (Å²) in [4.78, 5) is 0. The zero-order valence-electron chi connectivity index (χ0n) is 12.6. The van der Waals surface area contributed by atoms with E-state index in [1.165, 1.54) is 42.4 Å². The van der Waals surface area contributed by atoms with Crippen molar-refractivity contribution in [2.75, 3.05) is 0 Å². The molecule has 0 aliphatic heterocycles. The molecular formula is C18H27N. The van der Waals surface area contributed by atoms with Crippen molar-refractivity contribution in [1.82, 2.24) is 5.32 Å². The van der Waals surface area contributed by atoms with E-state index in [-0.39, 0.29) is 0 Å². The Kier molecular flexibility index (Phi) is 3.66. The molecular weight excluding hydrogens is 230 g/mol. The Hall–Kier alpha value is -0.820. The summed E-state index contributed by atoms with van der Waals surface area (Å²) in [5, 5.41) is 3.79. The fourth-order valence-corrected chi connectivity index (χ4v) is 4.32. The quantitative estimate of drug-likeness (QED) is 0.851. The van der Waals surface area contributed by atoms with Gasteiger partial charge in [0, 0.05) is 12.6 Å². The molecule has 2 bridgehead atoms. The molecule has 3 rings (SSSR count). The van der Waals surface area contributed by atoms with E-state index >= 15 is 0 Å². The van der Waals surface area contributed by atoms with E-state index in [2.05, 4.69) is 44.3 Å². The van der Waals surface area contributed by atoms with Gasteiger partial charge in [-0.1, -0.05) is 30.2 Å². The summed E-state index contributed by atoms with van der Waals surface area (Å²) in [6, 6.07) is 7.46. The van der Waals surface area contributed by atoms with Crippen LogP contribution in [-0.2, 0) is 6.54 Å². The van der Waals surface area contributed by atoms with Crippen molar-refractivity contribution < 1.29 is 0 Å². The van der Waals surface area contributed by atoms with Crippen LogP contribution in [0.2, 0.25) is 0 Å². The van der Waals surface area contributed by atoms with Crippen LogP contribution in [0.15, 0.2) is 18.2 Å². The summed E-state index contributed by atoms with van der Waals surface area (Å²) < 4.78 is 0. The van der Waals surface area contributed by atoms with Crippen molar-refractivity contribution in [2.24, 2.45) is 17.8 Å². The maximum absolute atomic E-state index is 3.79. The first-order valence-electron chi connectivity index (χ1n) is 7.93. The summed E-state index contributed by atoms with van der Waals surface area (Å²) in [5.41, 5.74) is 4.25. The predicted molar refractivity (Wildman–Crippen MR) is 81.2 cm³/mol. The molecule has 4 atom stereocenters. The highest BCUT2D eigenvalue weighted by Crippen LogP contribution is 2.49. The van der Waals surface area contributed by atoms with Crippen LogP contribution in [-0.4, -0.2) is 6.04 Å². The molecule has 1 aromatic carbocycles. The fourth-order valence-electron chi connectivity index (χ4n) is 4.32. The molecule has 0 amide bonds. The highest BCUT2D eigenvalue weighted by atomic mass is 14.9. The Morgan fingerprint density at radius 3 is 2.74 bits per heavy atom. The SMILES string of the molecule is Cc1ccc(C)c(CN[C@H](C)[C@H]2C[C@H]3CC[C@H]2C3)c1. The van der Waals surface area contributed by atoms with E-state index in [4.69, 9.17) is 0 Å². The predicted octanol–water partition coefficient (Wildman–Crippen LogP) is 4.22. The number of hydrogen-bond acceptors (Lipinski definition) is 1. The molecule has 2 aliphatic carbocycles. The molecule has 0 radical (unpaired) electrons. The third-order valence-corrected chi connectivity index (χ3v) is 5.55. The fraction of sp³-hybridized carbons (Fsp3) is 0.667. The van der Waals surface area contributed by atoms with Gasteiger partial charge in [0.2, 0.25) is 0 Å². The van der Waals surface area contributed by atoms with Crippen LogP contribution in [0.25, 0.3) is 0 Å². The van der Waals surface area contributed by atoms with Crippen molar-refractivity contribution in [3.8, 4) is 0 Å². The first kappa shape index (κ1) is 13.2. The smallest absolute Gasteiger partial charge is 0.0210 e. The minimum absolute atomic E-state index is 0.676. The van der Waals surface area contributed by atoms with Crippen LogP contribution in [0.3, 0.4) is 0 Å². The van der Waals surface area contributed by atoms with Gasteiger partial charge in [-0.15, -0.1) is 0 Å². The molecule has 0 unspecified atom stereocenters. The van der Waals surface area contributed by atoms with Crippen LogP contribution >= 0.6 is 0 Å². The monoisotopic (exact) mass is 257 g/mol. The van der Waals surface area contributed by atoms with Gasteiger partial charge >= 0.3 is 0 Å². The largest absolute Gasteiger partial charge is 0.310 e. The van der Waals surface area contributed by atoms with Gasteiger partial charge in [0.05, 0.1) is 0 Å². The van der Waals surface area contributed by atoms with Gasteiger partial charge in [0.1, 0.15) is 0 Å². The Morgan fingerprint density at radius 1 is 1.21 bits per heavy atom. The Balaban J connectivity index is 1.58. The minimum Gasteiger partial charge on any atom is -0.310 e. The second kappa shape index (κ2) is 5.28. The lowest BCUT2D eigenvalue weighted by atomic mass is 9.84. The van der Waals surface area contributed by atoms with Gasteiger partial charge in [-0.2, -0.15) is 0 Å².